The van der Waals surface area contributed by atoms with Gasteiger partial charge in [-0.25, -0.2) is 0 Å². The molecule has 1 amide bonds. The largest absolute Gasteiger partial charge is 0.337 e. The predicted octanol–water partition coefficient (Wildman–Crippen LogP) is 3.70. The molecule has 5 heteroatoms. The topological polar surface area (TPSA) is 59.2 Å². The van der Waals surface area contributed by atoms with Gasteiger partial charge in [-0.15, -0.1) is 0 Å². The molecule has 2 aromatic rings. The maximum absolute atomic E-state index is 12.9. The van der Waals surface area contributed by atoms with Gasteiger partial charge in [0.1, 0.15) is 6.04 Å². The summed E-state index contributed by atoms with van der Waals surface area (Å²) in [5.41, 5.74) is 0.723. The summed E-state index contributed by atoms with van der Waals surface area (Å²) in [6.45, 7) is 0.750. The number of rotatable bonds is 3. The number of carbonyl (C=O) groups is 1. The molecule has 1 aromatic carbocycles. The van der Waals surface area contributed by atoms with Gasteiger partial charge in [0.25, 0.3) is 5.91 Å². The summed E-state index contributed by atoms with van der Waals surface area (Å²) in [7, 11) is 0. The first kappa shape index (κ1) is 14.4. The van der Waals surface area contributed by atoms with Crippen LogP contribution in [0.25, 0.3) is 0 Å². The van der Waals surface area contributed by atoms with Gasteiger partial charge in [0, 0.05) is 18.0 Å². The normalized spacial score (nSPS) is 21.9. The zero-order valence-electron chi connectivity index (χ0n) is 13.1. The van der Waals surface area contributed by atoms with Gasteiger partial charge in [-0.3, -0.25) is 4.79 Å². The van der Waals surface area contributed by atoms with Crippen molar-refractivity contribution in [2.45, 2.75) is 50.5 Å². The molecule has 120 valence electrons. The third kappa shape index (κ3) is 3.00. The van der Waals surface area contributed by atoms with Gasteiger partial charge in [0.15, 0.2) is 5.82 Å². The van der Waals surface area contributed by atoms with Gasteiger partial charge in [0.05, 0.1) is 0 Å². The molecule has 2 heterocycles. The zero-order valence-corrected chi connectivity index (χ0v) is 13.1. The molecule has 1 saturated carbocycles. The van der Waals surface area contributed by atoms with Gasteiger partial charge >= 0.3 is 0 Å². The number of carbonyl (C=O) groups excluding carboxylic acids is 1. The van der Waals surface area contributed by atoms with Gasteiger partial charge < -0.3 is 9.42 Å². The van der Waals surface area contributed by atoms with Crippen molar-refractivity contribution in [1.82, 2.24) is 15.0 Å². The van der Waals surface area contributed by atoms with Crippen LogP contribution in [-0.2, 0) is 0 Å². The molecule has 0 spiro atoms. The van der Waals surface area contributed by atoms with E-state index in [0.29, 0.717) is 11.8 Å². The number of likely N-dealkylation sites (tertiary alicyclic amines) is 1. The molecular weight excluding hydrogens is 290 g/mol. The molecule has 1 aliphatic carbocycles. The summed E-state index contributed by atoms with van der Waals surface area (Å²) >= 11 is 0. The van der Waals surface area contributed by atoms with Crippen LogP contribution in [0.1, 0.15) is 72.6 Å². The van der Waals surface area contributed by atoms with Crippen molar-refractivity contribution in [3.05, 3.63) is 47.6 Å². The first-order chi connectivity index (χ1) is 11.3. The van der Waals surface area contributed by atoms with Crippen LogP contribution in [0.2, 0.25) is 0 Å². The number of amides is 1. The Bertz CT molecular complexity index is 679. The van der Waals surface area contributed by atoms with E-state index in [1.165, 1.54) is 0 Å². The number of benzene rings is 1. The van der Waals surface area contributed by atoms with E-state index in [1.807, 2.05) is 35.2 Å². The molecule has 4 rings (SSSR count). The van der Waals surface area contributed by atoms with Crippen LogP contribution in [0.3, 0.4) is 0 Å². The van der Waals surface area contributed by atoms with Crippen molar-refractivity contribution in [3.8, 4) is 0 Å². The second kappa shape index (κ2) is 6.14. The fourth-order valence-electron chi connectivity index (χ4n) is 3.24. The van der Waals surface area contributed by atoms with Gasteiger partial charge in [-0.1, -0.05) is 36.2 Å². The van der Waals surface area contributed by atoms with E-state index >= 15 is 0 Å². The summed E-state index contributed by atoms with van der Waals surface area (Å²) in [6.07, 6.45) is 6.44. The molecule has 0 bridgehead atoms. The lowest BCUT2D eigenvalue weighted by molar-refractivity contribution is 0.0644. The van der Waals surface area contributed by atoms with E-state index < -0.39 is 0 Å². The molecule has 1 atom stereocenters. The second-order valence-electron chi connectivity index (χ2n) is 6.49. The van der Waals surface area contributed by atoms with E-state index in [-0.39, 0.29) is 11.9 Å². The Kier molecular flexibility index (Phi) is 3.85. The number of hydrogen-bond acceptors (Lipinski definition) is 4. The highest BCUT2D eigenvalue weighted by molar-refractivity contribution is 5.94. The monoisotopic (exact) mass is 311 g/mol. The maximum atomic E-state index is 12.9. The van der Waals surface area contributed by atoms with Crippen molar-refractivity contribution in [2.75, 3.05) is 6.54 Å². The lowest BCUT2D eigenvalue weighted by Gasteiger charge is -2.27. The molecule has 2 aliphatic rings. The third-order valence-electron chi connectivity index (χ3n) is 4.72. The summed E-state index contributed by atoms with van der Waals surface area (Å²) in [5.74, 6) is 1.95. The smallest absolute Gasteiger partial charge is 0.254 e. The average molecular weight is 311 g/mol. The molecule has 0 radical (unpaired) electrons. The number of nitrogens with zero attached hydrogens (tertiary/aromatic N) is 3. The molecule has 0 unspecified atom stereocenters. The van der Waals surface area contributed by atoms with Crippen molar-refractivity contribution in [3.63, 3.8) is 0 Å². The molecule has 23 heavy (non-hydrogen) atoms. The van der Waals surface area contributed by atoms with E-state index in [9.17, 15) is 4.79 Å². The third-order valence-corrected chi connectivity index (χ3v) is 4.72. The molecule has 5 nitrogen and oxygen atoms in total. The molecule has 1 saturated heterocycles. The summed E-state index contributed by atoms with van der Waals surface area (Å²) in [4.78, 5) is 19.4. The van der Waals surface area contributed by atoms with E-state index in [0.717, 1.165) is 56.5 Å². The Morgan fingerprint density at radius 1 is 1.09 bits per heavy atom. The second-order valence-corrected chi connectivity index (χ2v) is 6.49. The summed E-state index contributed by atoms with van der Waals surface area (Å²) in [6, 6.07) is 9.37. The molecule has 1 aliphatic heterocycles. The maximum Gasteiger partial charge on any atom is 0.254 e. The highest BCUT2D eigenvalue weighted by Crippen LogP contribution is 2.39. The van der Waals surface area contributed by atoms with Crippen LogP contribution >= 0.6 is 0 Å². The fourth-order valence-corrected chi connectivity index (χ4v) is 3.24. The van der Waals surface area contributed by atoms with Gasteiger partial charge in [-0.05, 0) is 37.8 Å². The molecule has 0 N–H and O–H groups in total. The average Bonchev–Trinajstić information content (AvgIpc) is 3.38. The summed E-state index contributed by atoms with van der Waals surface area (Å²) in [5, 5.41) is 4.13. The molecule has 2 fully saturated rings. The minimum Gasteiger partial charge on any atom is -0.337 e. The minimum absolute atomic E-state index is 0.0590. The van der Waals surface area contributed by atoms with E-state index in [1.54, 1.807) is 0 Å². The van der Waals surface area contributed by atoms with Crippen molar-refractivity contribution < 1.29 is 9.32 Å². The van der Waals surface area contributed by atoms with Crippen molar-refractivity contribution in [1.29, 1.82) is 0 Å². The van der Waals surface area contributed by atoms with Gasteiger partial charge in [0.2, 0.25) is 5.89 Å². The van der Waals surface area contributed by atoms with Crippen molar-refractivity contribution in [2.24, 2.45) is 0 Å². The van der Waals surface area contributed by atoms with Crippen LogP contribution < -0.4 is 0 Å². The Labute approximate surface area is 135 Å². The zero-order chi connectivity index (χ0) is 15.6. The number of aromatic nitrogens is 2. The number of hydrogen-bond donors (Lipinski definition) is 0. The summed E-state index contributed by atoms with van der Waals surface area (Å²) < 4.78 is 5.52. The van der Waals surface area contributed by atoms with Crippen LogP contribution in [0.4, 0.5) is 0 Å². The van der Waals surface area contributed by atoms with Gasteiger partial charge in [-0.2, -0.15) is 4.98 Å². The highest BCUT2D eigenvalue weighted by Gasteiger charge is 2.34. The lowest BCUT2D eigenvalue weighted by atomic mass is 10.1. The lowest BCUT2D eigenvalue weighted by Crippen LogP contribution is -2.35. The van der Waals surface area contributed by atoms with Crippen LogP contribution in [-0.4, -0.2) is 27.5 Å². The standard InChI is InChI=1S/C18H21N3O2/c22-18(14-7-3-1-4-8-14)21-12-6-2-5-9-15(21)17-19-16(20-23-17)13-10-11-13/h1,3-4,7-8,13,15H,2,5-6,9-12H2/t15-/m0/s1. The first-order valence-electron chi connectivity index (χ1n) is 8.52. The Hall–Kier alpha value is -2.17. The molecular formula is C18H21N3O2. The van der Waals surface area contributed by atoms with Crippen LogP contribution in [0.15, 0.2) is 34.9 Å². The fraction of sp³-hybridized carbons (Fsp3) is 0.500. The SMILES string of the molecule is O=C(c1ccccc1)N1CCCCC[C@H]1c1nc(C2CC2)no1. The Morgan fingerprint density at radius 2 is 1.91 bits per heavy atom. The first-order valence-corrected chi connectivity index (χ1v) is 8.52. The Balaban J connectivity index is 1.62. The van der Waals surface area contributed by atoms with E-state index in [2.05, 4.69) is 10.1 Å². The quantitative estimate of drug-likeness (QED) is 0.867. The van der Waals surface area contributed by atoms with E-state index in [4.69, 9.17) is 4.52 Å². The van der Waals surface area contributed by atoms with Crippen LogP contribution in [0.5, 0.6) is 0 Å². The molecule has 1 aromatic heterocycles. The predicted molar refractivity (Wildman–Crippen MR) is 85.0 cm³/mol. The Morgan fingerprint density at radius 3 is 2.70 bits per heavy atom. The highest BCUT2D eigenvalue weighted by atomic mass is 16.5. The minimum atomic E-state index is -0.0924. The van der Waals surface area contributed by atoms with Crippen molar-refractivity contribution >= 4 is 5.91 Å². The van der Waals surface area contributed by atoms with Crippen LogP contribution in [0, 0.1) is 0 Å².